The molecule has 2 amide bonds. The molecule has 128 valence electrons. The van der Waals surface area contributed by atoms with Crippen molar-refractivity contribution in [2.75, 3.05) is 13.1 Å². The van der Waals surface area contributed by atoms with Gasteiger partial charge >= 0.3 is 6.03 Å². The van der Waals surface area contributed by atoms with E-state index in [-0.39, 0.29) is 23.8 Å². The minimum Gasteiger partial charge on any atom is -0.331 e. The van der Waals surface area contributed by atoms with Crippen LogP contribution in [0.2, 0.25) is 0 Å². The lowest BCUT2D eigenvalue weighted by atomic mass is 9.97. The third-order valence-corrected chi connectivity index (χ3v) is 4.53. The zero-order valence-electron chi connectivity index (χ0n) is 13.9. The lowest BCUT2D eigenvalue weighted by Gasteiger charge is -2.33. The second kappa shape index (κ2) is 6.98. The fraction of sp³-hybridized carbons (Fsp3) is 0.471. The highest BCUT2D eigenvalue weighted by atomic mass is 19.1. The van der Waals surface area contributed by atoms with E-state index < -0.39 is 0 Å². The average molecular weight is 331 g/mol. The lowest BCUT2D eigenvalue weighted by Crippen LogP contribution is -2.45. The first-order valence-corrected chi connectivity index (χ1v) is 8.19. The van der Waals surface area contributed by atoms with Gasteiger partial charge in [0.25, 0.3) is 0 Å². The molecule has 1 saturated heterocycles. The van der Waals surface area contributed by atoms with Crippen molar-refractivity contribution in [3.05, 3.63) is 47.8 Å². The summed E-state index contributed by atoms with van der Waals surface area (Å²) in [4.78, 5) is 14.4. The highest BCUT2D eigenvalue weighted by Crippen LogP contribution is 2.25. The van der Waals surface area contributed by atoms with Crippen LogP contribution in [-0.2, 0) is 7.05 Å². The number of rotatable bonds is 3. The summed E-state index contributed by atoms with van der Waals surface area (Å²) in [7, 11) is 1.92. The van der Waals surface area contributed by atoms with Crippen molar-refractivity contribution in [3.63, 3.8) is 0 Å². The zero-order valence-corrected chi connectivity index (χ0v) is 13.9. The van der Waals surface area contributed by atoms with Gasteiger partial charge in [0, 0.05) is 26.1 Å². The largest absolute Gasteiger partial charge is 0.331 e. The molecule has 1 aliphatic heterocycles. The third kappa shape index (κ3) is 3.55. The van der Waals surface area contributed by atoms with Crippen molar-refractivity contribution >= 4 is 6.03 Å². The second-order valence-corrected chi connectivity index (χ2v) is 6.31. The molecule has 1 N–H and O–H groups in total. The smallest absolute Gasteiger partial charge is 0.317 e. The van der Waals surface area contributed by atoms with Gasteiger partial charge in [-0.1, -0.05) is 12.1 Å². The summed E-state index contributed by atoms with van der Waals surface area (Å²) in [5, 5.41) is 11.1. The van der Waals surface area contributed by atoms with Crippen LogP contribution < -0.4 is 5.32 Å². The molecule has 1 aromatic carbocycles. The van der Waals surface area contributed by atoms with Crippen LogP contribution >= 0.6 is 0 Å². The molecule has 0 saturated carbocycles. The van der Waals surface area contributed by atoms with E-state index in [0.29, 0.717) is 6.54 Å². The lowest BCUT2D eigenvalue weighted by molar-refractivity contribution is 0.175. The Kier molecular flexibility index (Phi) is 4.78. The fourth-order valence-corrected chi connectivity index (χ4v) is 3.15. The standard InChI is InChI=1S/C17H22FN5O/c1-12(13-5-7-15(18)8-6-13)20-17(24)23-9-3-4-14(10-23)16-21-19-11-22(16)2/h5-8,11-12,14H,3-4,9-10H2,1-2H3,(H,20,24)/t12-,14-/m1/s1. The molecule has 2 atom stereocenters. The van der Waals surface area contributed by atoms with E-state index in [1.807, 2.05) is 23.4 Å². The summed E-state index contributed by atoms with van der Waals surface area (Å²) in [6, 6.07) is 5.93. The first-order valence-electron chi connectivity index (χ1n) is 8.19. The molecule has 7 heteroatoms. The van der Waals surface area contributed by atoms with Crippen molar-refractivity contribution in [1.82, 2.24) is 25.0 Å². The number of aromatic nitrogens is 3. The molecule has 2 aromatic rings. The van der Waals surface area contributed by atoms with E-state index >= 15 is 0 Å². The summed E-state index contributed by atoms with van der Waals surface area (Å²) < 4.78 is 14.9. The van der Waals surface area contributed by atoms with Crippen molar-refractivity contribution in [3.8, 4) is 0 Å². The van der Waals surface area contributed by atoms with Crippen LogP contribution in [0.3, 0.4) is 0 Å². The van der Waals surface area contributed by atoms with Gasteiger partial charge in [0.05, 0.1) is 6.04 Å². The number of urea groups is 1. The molecular formula is C17H22FN5O. The predicted molar refractivity (Wildman–Crippen MR) is 87.9 cm³/mol. The summed E-state index contributed by atoms with van der Waals surface area (Å²) in [5.41, 5.74) is 0.881. The molecule has 0 spiro atoms. The molecule has 6 nitrogen and oxygen atoms in total. The number of nitrogens with zero attached hydrogens (tertiary/aromatic N) is 4. The Balaban J connectivity index is 1.62. The van der Waals surface area contributed by atoms with Crippen LogP contribution in [0.1, 0.15) is 43.1 Å². The second-order valence-electron chi connectivity index (χ2n) is 6.31. The molecule has 1 fully saturated rings. The molecule has 3 rings (SSSR count). The zero-order chi connectivity index (χ0) is 17.1. The normalized spacial score (nSPS) is 19.1. The third-order valence-electron chi connectivity index (χ3n) is 4.53. The van der Waals surface area contributed by atoms with Gasteiger partial charge in [0.1, 0.15) is 18.0 Å². The summed E-state index contributed by atoms with van der Waals surface area (Å²) >= 11 is 0. The Hall–Kier alpha value is -2.44. The van der Waals surface area contributed by atoms with Crippen LogP contribution in [0, 0.1) is 5.82 Å². The molecule has 0 aliphatic carbocycles. The van der Waals surface area contributed by atoms with Gasteiger partial charge < -0.3 is 14.8 Å². The van der Waals surface area contributed by atoms with Gasteiger partial charge in [-0.3, -0.25) is 0 Å². The number of amides is 2. The molecule has 0 bridgehead atoms. The van der Waals surface area contributed by atoms with Crippen LogP contribution in [0.4, 0.5) is 9.18 Å². The van der Waals surface area contributed by atoms with Crippen molar-refractivity contribution < 1.29 is 9.18 Å². The summed E-state index contributed by atoms with van der Waals surface area (Å²) in [6.07, 6.45) is 3.63. The maximum absolute atomic E-state index is 13.0. The number of halogens is 1. The Morgan fingerprint density at radius 1 is 1.38 bits per heavy atom. The highest BCUT2D eigenvalue weighted by Gasteiger charge is 2.28. The molecule has 24 heavy (non-hydrogen) atoms. The Bertz CT molecular complexity index is 699. The topological polar surface area (TPSA) is 63.1 Å². The Morgan fingerprint density at radius 2 is 2.12 bits per heavy atom. The number of hydrogen-bond acceptors (Lipinski definition) is 3. The maximum Gasteiger partial charge on any atom is 0.317 e. The van der Waals surface area contributed by atoms with E-state index in [4.69, 9.17) is 0 Å². The van der Waals surface area contributed by atoms with E-state index in [2.05, 4.69) is 15.5 Å². The minimum atomic E-state index is -0.278. The SMILES string of the molecule is C[C@@H](NC(=O)N1CCC[C@@H](c2nncn2C)C1)c1ccc(F)cc1. The van der Waals surface area contributed by atoms with Gasteiger partial charge in [-0.15, -0.1) is 10.2 Å². The number of hydrogen-bond donors (Lipinski definition) is 1. The maximum atomic E-state index is 13.0. The summed E-state index contributed by atoms with van der Waals surface area (Å²) in [5.74, 6) is 0.844. The van der Waals surface area contributed by atoms with Gasteiger partial charge in [-0.2, -0.15) is 0 Å². The fourth-order valence-electron chi connectivity index (χ4n) is 3.15. The molecule has 0 radical (unpaired) electrons. The monoisotopic (exact) mass is 331 g/mol. The van der Waals surface area contributed by atoms with Crippen molar-refractivity contribution in [2.45, 2.75) is 31.7 Å². The molecule has 0 unspecified atom stereocenters. The number of carbonyl (C=O) groups is 1. The van der Waals surface area contributed by atoms with Gasteiger partial charge in [0.15, 0.2) is 0 Å². The first-order chi connectivity index (χ1) is 11.5. The molecular weight excluding hydrogens is 309 g/mol. The van der Waals surface area contributed by atoms with Crippen LogP contribution in [0.25, 0.3) is 0 Å². The Labute approximate surface area is 140 Å². The van der Waals surface area contributed by atoms with E-state index in [9.17, 15) is 9.18 Å². The Morgan fingerprint density at radius 3 is 2.79 bits per heavy atom. The molecule has 1 aromatic heterocycles. The highest BCUT2D eigenvalue weighted by molar-refractivity contribution is 5.74. The molecule has 2 heterocycles. The number of piperidine rings is 1. The quantitative estimate of drug-likeness (QED) is 0.940. The summed E-state index contributed by atoms with van der Waals surface area (Å²) in [6.45, 7) is 3.26. The number of nitrogens with one attached hydrogen (secondary N) is 1. The van der Waals surface area contributed by atoms with Crippen LogP contribution in [-0.4, -0.2) is 38.8 Å². The first kappa shape index (κ1) is 16.4. The average Bonchev–Trinajstić information content (AvgIpc) is 3.01. The number of benzene rings is 1. The van der Waals surface area contributed by atoms with Gasteiger partial charge in [0.2, 0.25) is 0 Å². The predicted octanol–water partition coefficient (Wildman–Crippen LogP) is 2.60. The van der Waals surface area contributed by atoms with Crippen molar-refractivity contribution in [1.29, 1.82) is 0 Å². The number of carbonyl (C=O) groups excluding carboxylic acids is 1. The number of aryl methyl sites for hydroxylation is 1. The van der Waals surface area contributed by atoms with E-state index in [1.165, 1.54) is 12.1 Å². The minimum absolute atomic E-state index is 0.0984. The van der Waals surface area contributed by atoms with Crippen LogP contribution in [0.15, 0.2) is 30.6 Å². The van der Waals surface area contributed by atoms with E-state index in [1.54, 1.807) is 18.5 Å². The molecule has 1 aliphatic rings. The van der Waals surface area contributed by atoms with Crippen molar-refractivity contribution in [2.24, 2.45) is 7.05 Å². The van der Waals surface area contributed by atoms with Gasteiger partial charge in [-0.05, 0) is 37.5 Å². The van der Waals surface area contributed by atoms with Gasteiger partial charge in [-0.25, -0.2) is 9.18 Å². The van der Waals surface area contributed by atoms with E-state index in [0.717, 1.165) is 30.8 Å². The van der Waals surface area contributed by atoms with Crippen LogP contribution in [0.5, 0.6) is 0 Å². The number of likely N-dealkylation sites (tertiary alicyclic amines) is 1.